The van der Waals surface area contributed by atoms with Crippen LogP contribution in [0.25, 0.3) is 5.76 Å². The Morgan fingerprint density at radius 1 is 0.833 bits per heavy atom. The fourth-order valence-electron chi connectivity index (χ4n) is 5.70. The maximum Gasteiger partial charge on any atom is 0.295 e. The van der Waals surface area contributed by atoms with Gasteiger partial charge in [-0.2, -0.15) is 0 Å². The Balaban J connectivity index is 1.62. The molecule has 0 radical (unpaired) electrons. The third-order valence-corrected chi connectivity index (χ3v) is 8.08. The Kier molecular flexibility index (Phi) is 13.5. The highest BCUT2D eigenvalue weighted by Gasteiger charge is 2.47. The number of carbonyl (C=O) groups excluding carboxylic acids is 2. The largest absolute Gasteiger partial charge is 0.507 e. The van der Waals surface area contributed by atoms with Gasteiger partial charge in [-0.1, -0.05) is 103 Å². The molecule has 2 aromatic rings. The van der Waals surface area contributed by atoms with E-state index in [1.165, 1.54) is 82.3 Å². The Labute approximate surface area is 249 Å². The Morgan fingerprint density at radius 2 is 1.36 bits per heavy atom. The minimum absolute atomic E-state index is 0.134. The highest BCUT2D eigenvalue weighted by Crippen LogP contribution is 2.42. The first-order chi connectivity index (χ1) is 20.4. The van der Waals surface area contributed by atoms with E-state index in [-0.39, 0.29) is 29.1 Å². The summed E-state index contributed by atoms with van der Waals surface area (Å²) >= 11 is 0. The molecule has 0 aromatic heterocycles. The van der Waals surface area contributed by atoms with Crippen molar-refractivity contribution in [2.24, 2.45) is 0 Å². The van der Waals surface area contributed by atoms with Crippen molar-refractivity contribution in [1.82, 2.24) is 4.90 Å². The lowest BCUT2D eigenvalue weighted by atomic mass is 9.94. The van der Waals surface area contributed by atoms with E-state index < -0.39 is 22.7 Å². The van der Waals surface area contributed by atoms with E-state index in [9.17, 15) is 24.8 Å². The van der Waals surface area contributed by atoms with Crippen molar-refractivity contribution in [3.8, 4) is 5.75 Å². The number of nitro groups is 1. The number of amides is 1. The van der Waals surface area contributed by atoms with Crippen molar-refractivity contribution in [2.75, 3.05) is 13.7 Å². The highest BCUT2D eigenvalue weighted by atomic mass is 16.6. The second-order valence-electron chi connectivity index (χ2n) is 11.1. The van der Waals surface area contributed by atoms with Gasteiger partial charge < -0.3 is 14.7 Å². The first-order valence-corrected chi connectivity index (χ1v) is 15.6. The zero-order valence-corrected chi connectivity index (χ0v) is 25.2. The van der Waals surface area contributed by atoms with Crippen LogP contribution in [0, 0.1) is 10.1 Å². The summed E-state index contributed by atoms with van der Waals surface area (Å²) in [4.78, 5) is 39.2. The number of methoxy groups -OCH3 is 1. The first-order valence-electron chi connectivity index (χ1n) is 15.6. The van der Waals surface area contributed by atoms with Crippen LogP contribution in [0.3, 0.4) is 0 Å². The number of hydrogen-bond donors (Lipinski definition) is 1. The number of nitrogens with zero attached hydrogens (tertiary/aromatic N) is 2. The van der Waals surface area contributed by atoms with Crippen molar-refractivity contribution in [3.05, 3.63) is 75.3 Å². The molecule has 0 aliphatic carbocycles. The summed E-state index contributed by atoms with van der Waals surface area (Å²) in [6, 6.07) is 11.5. The summed E-state index contributed by atoms with van der Waals surface area (Å²) in [6.07, 6.45) is 16.8. The third-order valence-electron chi connectivity index (χ3n) is 8.08. The predicted octanol–water partition coefficient (Wildman–Crippen LogP) is 8.51. The van der Waals surface area contributed by atoms with E-state index >= 15 is 0 Å². The molecule has 0 saturated carbocycles. The lowest BCUT2D eigenvalue weighted by Gasteiger charge is -2.25. The summed E-state index contributed by atoms with van der Waals surface area (Å²) < 4.78 is 5.18. The standard InChI is InChI=1S/C34H46N2O6/c1-3-4-5-6-7-8-9-10-11-12-13-14-15-18-25-35-31(28-19-16-17-20-29(28)36(40)41)30(33(38)34(35)39)32(37)26-21-23-27(42-2)24-22-26/h16-17,19-24,31,37H,3-15,18,25H2,1-2H3/t31-/m1/s1. The van der Waals surface area contributed by atoms with E-state index in [2.05, 4.69) is 6.92 Å². The van der Waals surface area contributed by atoms with Crippen molar-refractivity contribution in [2.45, 2.75) is 103 Å². The predicted molar refractivity (Wildman–Crippen MR) is 165 cm³/mol. The molecule has 0 bridgehead atoms. The number of nitro benzene ring substituents is 1. The van der Waals surface area contributed by atoms with Gasteiger partial charge in [-0.25, -0.2) is 0 Å². The molecule has 0 spiro atoms. The highest BCUT2D eigenvalue weighted by molar-refractivity contribution is 6.46. The van der Waals surface area contributed by atoms with E-state index in [1.54, 1.807) is 42.5 Å². The second-order valence-corrected chi connectivity index (χ2v) is 11.1. The van der Waals surface area contributed by atoms with Gasteiger partial charge >= 0.3 is 0 Å². The quantitative estimate of drug-likeness (QED) is 0.0447. The molecule has 3 rings (SSSR count). The minimum atomic E-state index is -1.05. The number of unbranched alkanes of at least 4 members (excludes halogenated alkanes) is 13. The van der Waals surface area contributed by atoms with Gasteiger partial charge in [0.15, 0.2) is 0 Å². The Morgan fingerprint density at radius 3 is 1.88 bits per heavy atom. The van der Waals surface area contributed by atoms with Crippen molar-refractivity contribution in [1.29, 1.82) is 0 Å². The topological polar surface area (TPSA) is 110 Å². The number of aliphatic hydroxyl groups excluding tert-OH is 1. The van der Waals surface area contributed by atoms with E-state index in [0.29, 0.717) is 17.7 Å². The number of carbonyl (C=O) groups is 2. The number of rotatable bonds is 19. The summed E-state index contributed by atoms with van der Waals surface area (Å²) in [6.45, 7) is 2.52. The maximum absolute atomic E-state index is 13.3. The fourth-order valence-corrected chi connectivity index (χ4v) is 5.70. The van der Waals surface area contributed by atoms with Gasteiger partial charge in [0, 0.05) is 18.2 Å². The normalized spacial score (nSPS) is 16.2. The smallest absolute Gasteiger partial charge is 0.295 e. The number of benzene rings is 2. The van der Waals surface area contributed by atoms with Crippen LogP contribution in [0.2, 0.25) is 0 Å². The molecule has 1 heterocycles. The first kappa shape index (κ1) is 32.8. The van der Waals surface area contributed by atoms with Crippen LogP contribution in [-0.4, -0.2) is 40.3 Å². The second kappa shape index (κ2) is 17.3. The van der Waals surface area contributed by atoms with Crippen LogP contribution in [0.15, 0.2) is 54.1 Å². The van der Waals surface area contributed by atoms with Gasteiger partial charge in [0.2, 0.25) is 0 Å². The SMILES string of the molecule is CCCCCCCCCCCCCCCCN1C(=O)C(=O)C(=C(O)c2ccc(OC)cc2)[C@H]1c1ccccc1[N+](=O)[O-]. The molecule has 1 fully saturated rings. The lowest BCUT2D eigenvalue weighted by molar-refractivity contribution is -0.385. The van der Waals surface area contributed by atoms with Crippen LogP contribution in [-0.2, 0) is 9.59 Å². The van der Waals surface area contributed by atoms with Gasteiger partial charge in [0.1, 0.15) is 11.5 Å². The number of ketones is 1. The van der Waals surface area contributed by atoms with E-state index in [1.807, 2.05) is 0 Å². The number of ether oxygens (including phenoxy) is 1. The molecule has 0 unspecified atom stereocenters. The van der Waals surface area contributed by atoms with Gasteiger partial charge in [-0.15, -0.1) is 0 Å². The molecular formula is C34H46N2O6. The zero-order valence-electron chi connectivity index (χ0n) is 25.2. The molecule has 228 valence electrons. The summed E-state index contributed by atoms with van der Waals surface area (Å²) in [5.74, 6) is -1.37. The summed E-state index contributed by atoms with van der Waals surface area (Å²) in [5.41, 5.74) is 0.205. The molecule has 1 N–H and O–H groups in total. The number of para-hydroxylation sites is 1. The van der Waals surface area contributed by atoms with E-state index in [0.717, 1.165) is 19.3 Å². The average Bonchev–Trinajstić information content (AvgIpc) is 3.25. The van der Waals surface area contributed by atoms with Gasteiger partial charge in [-0.3, -0.25) is 19.7 Å². The van der Waals surface area contributed by atoms with Crippen molar-refractivity contribution >= 4 is 23.1 Å². The van der Waals surface area contributed by atoms with Crippen molar-refractivity contribution < 1.29 is 24.4 Å². The number of aliphatic hydroxyl groups is 1. The van der Waals surface area contributed by atoms with Crippen LogP contribution < -0.4 is 4.74 Å². The monoisotopic (exact) mass is 578 g/mol. The summed E-state index contributed by atoms with van der Waals surface area (Å²) in [7, 11) is 1.52. The molecule has 8 nitrogen and oxygen atoms in total. The molecule has 1 atom stereocenters. The number of Topliss-reactive ketones (excluding diaryl/α,β-unsaturated/α-hetero) is 1. The van der Waals surface area contributed by atoms with Crippen LogP contribution >= 0.6 is 0 Å². The molecule has 42 heavy (non-hydrogen) atoms. The molecular weight excluding hydrogens is 532 g/mol. The maximum atomic E-state index is 13.3. The minimum Gasteiger partial charge on any atom is -0.507 e. The Hall–Kier alpha value is -3.68. The number of hydrogen-bond acceptors (Lipinski definition) is 6. The average molecular weight is 579 g/mol. The van der Waals surface area contributed by atoms with Crippen LogP contribution in [0.4, 0.5) is 5.69 Å². The fraction of sp³-hybridized carbons (Fsp3) is 0.529. The van der Waals surface area contributed by atoms with Crippen LogP contribution in [0.1, 0.15) is 114 Å². The van der Waals surface area contributed by atoms with Crippen molar-refractivity contribution in [3.63, 3.8) is 0 Å². The van der Waals surface area contributed by atoms with Gasteiger partial charge in [0.25, 0.3) is 17.4 Å². The number of likely N-dealkylation sites (tertiary alicyclic amines) is 1. The molecule has 1 aliphatic heterocycles. The van der Waals surface area contributed by atoms with E-state index in [4.69, 9.17) is 4.74 Å². The molecule has 1 saturated heterocycles. The Bertz CT molecular complexity index is 1210. The summed E-state index contributed by atoms with van der Waals surface area (Å²) in [5, 5.41) is 23.1. The third kappa shape index (κ3) is 8.91. The molecule has 2 aromatic carbocycles. The van der Waals surface area contributed by atoms with Gasteiger partial charge in [0.05, 0.1) is 29.2 Å². The van der Waals surface area contributed by atoms with Gasteiger partial charge in [-0.05, 0) is 36.8 Å². The molecule has 1 amide bonds. The molecule has 8 heteroatoms. The zero-order chi connectivity index (χ0) is 30.3. The molecule has 1 aliphatic rings. The van der Waals surface area contributed by atoms with Crippen LogP contribution in [0.5, 0.6) is 5.75 Å². The lowest BCUT2D eigenvalue weighted by Crippen LogP contribution is -2.31.